The van der Waals surface area contributed by atoms with Gasteiger partial charge in [0.25, 0.3) is 5.91 Å². The van der Waals surface area contributed by atoms with Gasteiger partial charge in [0.05, 0.1) is 11.7 Å². The highest BCUT2D eigenvalue weighted by Gasteiger charge is 2.38. The van der Waals surface area contributed by atoms with Gasteiger partial charge in [0, 0.05) is 32.3 Å². The molecule has 0 unspecified atom stereocenters. The number of carbonyl (C=O) groups is 1. The molecule has 1 fully saturated rings. The zero-order valence-electron chi connectivity index (χ0n) is 13.3. The van der Waals surface area contributed by atoms with Crippen molar-refractivity contribution in [3.8, 4) is 0 Å². The van der Waals surface area contributed by atoms with Crippen molar-refractivity contribution < 1.29 is 22.7 Å². The number of aromatic nitrogens is 4. The number of likely N-dealkylation sites (N-methyl/N-ethyl adjacent to an activating group) is 1. The van der Waals surface area contributed by atoms with Gasteiger partial charge in [-0.15, -0.1) is 0 Å². The van der Waals surface area contributed by atoms with Gasteiger partial charge in [-0.05, 0) is 18.6 Å². The second kappa shape index (κ2) is 6.79. The average molecular weight is 355 g/mol. The quantitative estimate of drug-likeness (QED) is 0.905. The molecule has 1 aliphatic rings. The summed E-state index contributed by atoms with van der Waals surface area (Å²) in [4.78, 5) is 21.4. The topological polar surface area (TPSA) is 84.0 Å². The highest BCUT2D eigenvalue weighted by Crippen LogP contribution is 2.32. The molecule has 1 N–H and O–H groups in total. The fraction of sp³-hybridized carbons (Fsp3) is 0.467. The molecule has 3 heterocycles. The van der Waals surface area contributed by atoms with Crippen LogP contribution in [-0.4, -0.2) is 57.3 Å². The van der Waals surface area contributed by atoms with Crippen molar-refractivity contribution >= 4 is 5.91 Å². The Kier molecular flexibility index (Phi) is 4.71. The Morgan fingerprint density at radius 3 is 2.92 bits per heavy atom. The van der Waals surface area contributed by atoms with Crippen LogP contribution in [0.2, 0.25) is 0 Å². The van der Waals surface area contributed by atoms with Gasteiger partial charge in [-0.1, -0.05) is 0 Å². The molecule has 1 saturated heterocycles. The molecule has 1 aliphatic heterocycles. The summed E-state index contributed by atoms with van der Waals surface area (Å²) in [5, 5.41) is 6.56. The number of nitrogens with zero attached hydrogens (tertiary/aromatic N) is 4. The number of rotatable bonds is 4. The molecule has 0 saturated carbocycles. The highest BCUT2D eigenvalue weighted by molar-refractivity contribution is 5.93. The van der Waals surface area contributed by atoms with E-state index in [9.17, 15) is 18.0 Å². The summed E-state index contributed by atoms with van der Waals surface area (Å²) >= 11 is 0. The Labute approximate surface area is 141 Å². The smallest absolute Gasteiger partial charge is 0.376 e. The third kappa shape index (κ3) is 3.63. The molecule has 1 amide bonds. The van der Waals surface area contributed by atoms with Crippen molar-refractivity contribution in [1.82, 2.24) is 25.1 Å². The predicted molar refractivity (Wildman–Crippen MR) is 79.7 cm³/mol. The van der Waals surface area contributed by atoms with E-state index in [1.54, 1.807) is 0 Å². The Balaban J connectivity index is 1.76. The largest absolute Gasteiger partial charge is 0.418 e. The monoisotopic (exact) mass is 355 g/mol. The number of halogens is 3. The number of amides is 1. The first-order valence-corrected chi connectivity index (χ1v) is 7.62. The fourth-order valence-corrected chi connectivity index (χ4v) is 2.87. The lowest BCUT2D eigenvalue weighted by atomic mass is 10.0. The molecule has 2 atom stereocenters. The van der Waals surface area contributed by atoms with Gasteiger partial charge in [-0.3, -0.25) is 14.9 Å². The van der Waals surface area contributed by atoms with Crippen molar-refractivity contribution in [2.24, 2.45) is 0 Å². The van der Waals surface area contributed by atoms with E-state index in [4.69, 9.17) is 4.74 Å². The molecule has 0 spiro atoms. The van der Waals surface area contributed by atoms with Crippen molar-refractivity contribution in [2.45, 2.75) is 24.6 Å². The summed E-state index contributed by atoms with van der Waals surface area (Å²) in [6.07, 6.45) is -1.78. The molecule has 2 aromatic heterocycles. The van der Waals surface area contributed by atoms with E-state index in [0.717, 1.165) is 12.1 Å². The number of hydrogen-bond donors (Lipinski definition) is 1. The van der Waals surface area contributed by atoms with Gasteiger partial charge in [0.15, 0.2) is 0 Å². The summed E-state index contributed by atoms with van der Waals surface area (Å²) < 4.78 is 44.8. The number of pyridine rings is 1. The van der Waals surface area contributed by atoms with Gasteiger partial charge in [-0.2, -0.15) is 18.3 Å². The van der Waals surface area contributed by atoms with E-state index < -0.39 is 23.3 Å². The molecule has 134 valence electrons. The van der Waals surface area contributed by atoms with E-state index in [1.165, 1.54) is 24.5 Å². The molecule has 0 aliphatic carbocycles. The molecule has 2 aromatic rings. The minimum atomic E-state index is -4.65. The van der Waals surface area contributed by atoms with E-state index in [0.29, 0.717) is 18.9 Å². The number of aromatic amines is 1. The molecule has 3 rings (SSSR count). The van der Waals surface area contributed by atoms with Crippen LogP contribution < -0.4 is 0 Å². The lowest BCUT2D eigenvalue weighted by Crippen LogP contribution is -2.37. The van der Waals surface area contributed by atoms with Crippen LogP contribution in [0.5, 0.6) is 0 Å². The second-order valence-electron chi connectivity index (χ2n) is 5.76. The van der Waals surface area contributed by atoms with Crippen LogP contribution in [0.25, 0.3) is 0 Å². The number of hydrogen-bond acceptors (Lipinski definition) is 5. The predicted octanol–water partition coefficient (Wildman–Crippen LogP) is 1.86. The van der Waals surface area contributed by atoms with Crippen molar-refractivity contribution in [3.05, 3.63) is 41.7 Å². The Bertz CT molecular complexity index is 735. The van der Waals surface area contributed by atoms with E-state index >= 15 is 0 Å². The average Bonchev–Trinajstić information content (AvgIpc) is 3.24. The lowest BCUT2D eigenvalue weighted by Gasteiger charge is -2.24. The van der Waals surface area contributed by atoms with Crippen molar-refractivity contribution in [2.75, 3.05) is 20.2 Å². The number of carbonyl (C=O) groups excluding carboxylic acids is 1. The van der Waals surface area contributed by atoms with Crippen LogP contribution in [0.15, 0.2) is 24.7 Å². The number of H-pyrrole nitrogens is 1. The van der Waals surface area contributed by atoms with Crippen LogP contribution in [0, 0.1) is 0 Å². The molecule has 0 aromatic carbocycles. The second-order valence-corrected chi connectivity index (χ2v) is 5.76. The van der Waals surface area contributed by atoms with E-state index in [-0.39, 0.29) is 18.6 Å². The number of ether oxygens (including phenoxy) is 1. The molecule has 7 nitrogen and oxygen atoms in total. The first kappa shape index (κ1) is 17.3. The van der Waals surface area contributed by atoms with Gasteiger partial charge in [-0.25, -0.2) is 4.98 Å². The molecule has 0 radical (unpaired) electrons. The van der Waals surface area contributed by atoms with E-state index in [2.05, 4.69) is 20.2 Å². The Hall–Kier alpha value is -2.49. The van der Waals surface area contributed by atoms with Gasteiger partial charge in [0.1, 0.15) is 17.8 Å². The highest BCUT2D eigenvalue weighted by atomic mass is 19.4. The van der Waals surface area contributed by atoms with Crippen LogP contribution in [0.3, 0.4) is 0 Å². The fourth-order valence-electron chi connectivity index (χ4n) is 2.87. The minimum absolute atomic E-state index is 0.0939. The van der Waals surface area contributed by atoms with E-state index in [1.807, 2.05) is 0 Å². The van der Waals surface area contributed by atoms with Crippen LogP contribution in [-0.2, 0) is 10.9 Å². The maximum Gasteiger partial charge on any atom is 0.418 e. The van der Waals surface area contributed by atoms with Gasteiger partial charge < -0.3 is 9.64 Å². The molecule has 25 heavy (non-hydrogen) atoms. The third-order valence-corrected chi connectivity index (χ3v) is 4.11. The van der Waals surface area contributed by atoms with Crippen LogP contribution >= 0.6 is 0 Å². The molecule has 10 heteroatoms. The Morgan fingerprint density at radius 2 is 2.24 bits per heavy atom. The summed E-state index contributed by atoms with van der Waals surface area (Å²) in [6, 6.07) is 2.00. The summed E-state index contributed by atoms with van der Waals surface area (Å²) in [5.74, 6) is -0.263. The molecular formula is C15H16F3N5O2. The number of nitrogens with one attached hydrogen (secondary N) is 1. The third-order valence-electron chi connectivity index (χ3n) is 4.11. The minimum Gasteiger partial charge on any atom is -0.376 e. The maximum atomic E-state index is 13.1. The molecular weight excluding hydrogens is 339 g/mol. The van der Waals surface area contributed by atoms with Crippen molar-refractivity contribution in [3.63, 3.8) is 0 Å². The first-order chi connectivity index (χ1) is 11.9. The van der Waals surface area contributed by atoms with Gasteiger partial charge >= 0.3 is 6.18 Å². The SMILES string of the molecule is CN(C[C@H]1OCC[C@H]1c1ncn[nH]1)C(=O)c1ncccc1C(F)(F)F. The summed E-state index contributed by atoms with van der Waals surface area (Å²) in [6.45, 7) is 0.605. The summed E-state index contributed by atoms with van der Waals surface area (Å²) in [7, 11) is 1.43. The maximum absolute atomic E-state index is 13.1. The standard InChI is InChI=1S/C15H16F3N5O2/c1-23(7-11-9(4-6-25-11)13-20-8-21-22-13)14(24)12-10(15(16,17)18)3-2-5-19-12/h2-3,5,8-9,11H,4,6-7H2,1H3,(H,20,21,22)/t9-,11-/m1/s1. The number of alkyl halides is 3. The zero-order chi connectivity index (χ0) is 18.0. The summed E-state index contributed by atoms with van der Waals surface area (Å²) in [5.41, 5.74) is -1.67. The van der Waals surface area contributed by atoms with Crippen LogP contribution in [0.4, 0.5) is 13.2 Å². The molecule has 0 bridgehead atoms. The first-order valence-electron chi connectivity index (χ1n) is 7.62. The Morgan fingerprint density at radius 1 is 1.44 bits per heavy atom. The van der Waals surface area contributed by atoms with Crippen LogP contribution in [0.1, 0.15) is 34.2 Å². The zero-order valence-corrected chi connectivity index (χ0v) is 13.3. The normalized spacial score (nSPS) is 20.6. The lowest BCUT2D eigenvalue weighted by molar-refractivity contribution is -0.138. The van der Waals surface area contributed by atoms with Gasteiger partial charge in [0.2, 0.25) is 0 Å². The van der Waals surface area contributed by atoms with Crippen molar-refractivity contribution in [1.29, 1.82) is 0 Å².